The van der Waals surface area contributed by atoms with E-state index in [0.717, 1.165) is 161 Å². The molecule has 0 fully saturated rings. The van der Waals surface area contributed by atoms with E-state index in [1.165, 1.54) is 64.2 Å². The number of phosphoric ester groups is 1. The van der Waals surface area contributed by atoms with Gasteiger partial charge in [-0.05, 0) is 141 Å². The topological polar surface area (TPSA) is 134 Å². The molecule has 0 saturated heterocycles. The molecule has 0 radical (unpaired) electrons. The number of carbonyl (C=O) groups excluding carboxylic acids is 2. The van der Waals surface area contributed by atoms with E-state index in [2.05, 4.69) is 208 Å². The van der Waals surface area contributed by atoms with Crippen LogP contribution in [0.4, 0.5) is 0 Å². The Morgan fingerprint density at radius 3 is 0.865 bits per heavy atom. The van der Waals surface area contributed by atoms with Gasteiger partial charge in [0.05, 0.1) is 13.2 Å². The van der Waals surface area contributed by atoms with Crippen LogP contribution in [0.3, 0.4) is 0 Å². The average Bonchev–Trinajstić information content (AvgIpc) is 3.68. The van der Waals surface area contributed by atoms with Crippen LogP contribution in [0.25, 0.3) is 0 Å². The fraction of sp³-hybridized carbons (Fsp3) is 0.570. The Labute approximate surface area is 545 Å². The number of nitrogens with two attached hydrogens (primary N) is 1. The van der Waals surface area contributed by atoms with E-state index < -0.39 is 32.5 Å². The highest BCUT2D eigenvalue weighted by Crippen LogP contribution is 2.43. The van der Waals surface area contributed by atoms with E-state index in [4.69, 9.17) is 24.3 Å². The zero-order valence-electron chi connectivity index (χ0n) is 56.1. The van der Waals surface area contributed by atoms with Crippen molar-refractivity contribution in [3.05, 3.63) is 194 Å². The Morgan fingerprint density at radius 1 is 0.337 bits per heavy atom. The number of hydrogen-bond donors (Lipinski definition) is 2. The van der Waals surface area contributed by atoms with Crippen molar-refractivity contribution in [2.45, 2.75) is 264 Å². The summed E-state index contributed by atoms with van der Waals surface area (Å²) in [6.07, 6.45) is 109. The molecule has 0 saturated carbocycles. The summed E-state index contributed by atoms with van der Waals surface area (Å²) in [5.41, 5.74) is 5.40. The number of allylic oxidation sites excluding steroid dienone is 32. The maximum Gasteiger partial charge on any atom is 0.472 e. The van der Waals surface area contributed by atoms with Gasteiger partial charge in [0.15, 0.2) is 6.10 Å². The first kappa shape index (κ1) is 83.8. The molecule has 0 bridgehead atoms. The molecular weight excluding hydrogens is 1120 g/mol. The van der Waals surface area contributed by atoms with E-state index in [1.54, 1.807) is 0 Å². The molecule has 0 heterocycles. The SMILES string of the molecule is CC/C=C\C/C=C\C/C=C\C/C=C\C/C=C\C/C=C\C/C=C\C/C=C\C/C=C\C/C=C\C/C=C\CCCCCCCC(=O)OC(COC(=O)CCCCCCCCCCCCCCC/C=C\C/C=C\C/C=C\C/C=C\C/C=C\CC)COP(=O)(O)OCCN. The van der Waals surface area contributed by atoms with Gasteiger partial charge in [0.1, 0.15) is 6.61 Å². The summed E-state index contributed by atoms with van der Waals surface area (Å²) in [4.78, 5) is 35.4. The second kappa shape index (κ2) is 71.9. The maximum absolute atomic E-state index is 12.8. The van der Waals surface area contributed by atoms with Crippen molar-refractivity contribution in [2.75, 3.05) is 26.4 Å². The third-order valence-electron chi connectivity index (χ3n) is 14.0. The van der Waals surface area contributed by atoms with Gasteiger partial charge in [-0.15, -0.1) is 0 Å². The Bertz CT molecular complexity index is 2160. The molecule has 0 aliphatic heterocycles. The zero-order valence-corrected chi connectivity index (χ0v) is 57.0. The number of carbonyl (C=O) groups is 2. The van der Waals surface area contributed by atoms with Crippen LogP contribution in [-0.2, 0) is 32.7 Å². The van der Waals surface area contributed by atoms with Crippen molar-refractivity contribution >= 4 is 19.8 Å². The summed E-state index contributed by atoms with van der Waals surface area (Å²) < 4.78 is 33.1. The van der Waals surface area contributed by atoms with Gasteiger partial charge in [-0.3, -0.25) is 18.6 Å². The number of phosphoric acid groups is 1. The van der Waals surface area contributed by atoms with E-state index in [9.17, 15) is 19.0 Å². The van der Waals surface area contributed by atoms with Crippen LogP contribution in [0.5, 0.6) is 0 Å². The predicted molar refractivity (Wildman–Crippen MR) is 385 cm³/mol. The second-order valence-electron chi connectivity index (χ2n) is 22.3. The summed E-state index contributed by atoms with van der Waals surface area (Å²) in [6, 6.07) is 0. The smallest absolute Gasteiger partial charge is 0.462 e. The Morgan fingerprint density at radius 2 is 0.584 bits per heavy atom. The summed E-state index contributed by atoms with van der Waals surface area (Å²) in [7, 11) is -4.41. The number of ether oxygens (including phenoxy) is 2. The lowest BCUT2D eigenvalue weighted by molar-refractivity contribution is -0.161. The normalized spacial score (nSPS) is 14.2. The largest absolute Gasteiger partial charge is 0.472 e. The van der Waals surface area contributed by atoms with Crippen LogP contribution in [-0.4, -0.2) is 49.3 Å². The Balaban J connectivity index is 4.02. The molecule has 89 heavy (non-hydrogen) atoms. The zero-order chi connectivity index (χ0) is 64.4. The van der Waals surface area contributed by atoms with Crippen LogP contribution >= 0.6 is 7.82 Å². The molecule has 2 unspecified atom stereocenters. The number of unbranched alkanes of at least 4 members (excludes halogenated alkanes) is 18. The first-order valence-electron chi connectivity index (χ1n) is 34.9. The van der Waals surface area contributed by atoms with Gasteiger partial charge in [0.25, 0.3) is 0 Å². The molecule has 0 aliphatic carbocycles. The van der Waals surface area contributed by atoms with Gasteiger partial charge in [-0.1, -0.05) is 298 Å². The van der Waals surface area contributed by atoms with Crippen LogP contribution in [0.15, 0.2) is 194 Å². The van der Waals surface area contributed by atoms with Crippen molar-refractivity contribution in [3.63, 3.8) is 0 Å². The third kappa shape index (κ3) is 71.8. The lowest BCUT2D eigenvalue weighted by atomic mass is 10.0. The maximum atomic E-state index is 12.8. The number of hydrogen-bond acceptors (Lipinski definition) is 8. The van der Waals surface area contributed by atoms with Gasteiger partial charge in [0, 0.05) is 19.4 Å². The molecule has 2 atom stereocenters. The molecule has 0 aliphatic rings. The van der Waals surface area contributed by atoms with Crippen molar-refractivity contribution in [1.29, 1.82) is 0 Å². The Hall–Kier alpha value is -5.15. The third-order valence-corrected chi connectivity index (χ3v) is 15.0. The first-order valence-corrected chi connectivity index (χ1v) is 36.4. The monoisotopic (exact) mass is 1250 g/mol. The highest BCUT2D eigenvalue weighted by atomic mass is 31.2. The minimum atomic E-state index is -4.41. The summed E-state index contributed by atoms with van der Waals surface area (Å²) in [5, 5.41) is 0. The molecule has 0 rings (SSSR count). The Kier molecular flexibility index (Phi) is 67.8. The van der Waals surface area contributed by atoms with Gasteiger partial charge in [-0.25, -0.2) is 4.57 Å². The minimum Gasteiger partial charge on any atom is -0.462 e. The van der Waals surface area contributed by atoms with Crippen molar-refractivity contribution in [1.82, 2.24) is 0 Å². The van der Waals surface area contributed by atoms with E-state index >= 15 is 0 Å². The van der Waals surface area contributed by atoms with Crippen molar-refractivity contribution in [3.8, 4) is 0 Å². The first-order chi connectivity index (χ1) is 43.8. The molecule has 10 heteroatoms. The van der Waals surface area contributed by atoms with Crippen molar-refractivity contribution in [2.24, 2.45) is 5.73 Å². The van der Waals surface area contributed by atoms with Gasteiger partial charge in [-0.2, -0.15) is 0 Å². The van der Waals surface area contributed by atoms with E-state index in [-0.39, 0.29) is 32.6 Å². The molecule has 3 N–H and O–H groups in total. The van der Waals surface area contributed by atoms with E-state index in [0.29, 0.717) is 6.42 Å². The lowest BCUT2D eigenvalue weighted by Gasteiger charge is -2.19. The molecule has 500 valence electrons. The highest BCUT2D eigenvalue weighted by molar-refractivity contribution is 7.47. The van der Waals surface area contributed by atoms with Crippen LogP contribution in [0, 0.1) is 0 Å². The van der Waals surface area contributed by atoms with Crippen LogP contribution < -0.4 is 5.73 Å². The standard InChI is InChI=1S/C79H126NO8P/c1-3-5-7-9-11-13-15-17-19-21-23-25-27-29-31-33-34-35-36-37-38-39-40-41-42-44-46-48-50-52-54-56-58-60-62-64-66-68-70-72-79(82)88-77(76-87-89(83,84)86-74-73-80)75-85-78(81)71-69-67-65-63-61-59-57-55-53-51-49-47-45-43-32-30-28-26-24-22-20-18-16-14-12-10-8-6-4-2/h5-8,11-14,17-20,23-26,29-32,34-35,37-38,40-41,44,46,50,52,56,58,77H,3-4,9-10,15-16,21-22,27-28,33,36,39,42-43,45,47-49,51,53-55,57,59-76,80H2,1-2H3,(H,83,84)/b7-5-,8-6-,13-11-,14-12-,19-17-,20-18-,25-23-,26-24-,31-29-,32-30-,35-34-,38-37-,41-40-,46-44-,52-50-,58-56-. The predicted octanol–water partition coefficient (Wildman–Crippen LogP) is 23.3. The fourth-order valence-electron chi connectivity index (χ4n) is 8.90. The minimum absolute atomic E-state index is 0.0400. The summed E-state index contributed by atoms with van der Waals surface area (Å²) in [6.45, 7) is 3.48. The van der Waals surface area contributed by atoms with Gasteiger partial charge < -0.3 is 20.1 Å². The van der Waals surface area contributed by atoms with Crippen LogP contribution in [0.2, 0.25) is 0 Å². The van der Waals surface area contributed by atoms with Crippen molar-refractivity contribution < 1.29 is 37.6 Å². The summed E-state index contributed by atoms with van der Waals surface area (Å²) in [5.74, 6) is -0.862. The van der Waals surface area contributed by atoms with Gasteiger partial charge >= 0.3 is 19.8 Å². The van der Waals surface area contributed by atoms with E-state index in [1.807, 2.05) is 0 Å². The highest BCUT2D eigenvalue weighted by Gasteiger charge is 2.26. The number of esters is 2. The van der Waals surface area contributed by atoms with Gasteiger partial charge in [0.2, 0.25) is 0 Å². The molecule has 0 amide bonds. The number of rotatable bonds is 63. The molecule has 0 aromatic carbocycles. The lowest BCUT2D eigenvalue weighted by Crippen LogP contribution is -2.29. The van der Waals surface area contributed by atoms with Crippen LogP contribution in [0.1, 0.15) is 258 Å². The molecule has 0 spiro atoms. The second-order valence-corrected chi connectivity index (χ2v) is 23.7. The molecular formula is C79H126NO8P. The quantitative estimate of drug-likeness (QED) is 0.0264. The molecule has 9 nitrogen and oxygen atoms in total. The molecule has 0 aromatic rings. The molecule has 0 aromatic heterocycles. The summed E-state index contributed by atoms with van der Waals surface area (Å²) >= 11 is 0. The fourth-order valence-corrected chi connectivity index (χ4v) is 9.67. The average molecular weight is 1250 g/mol.